The number of esters is 1. The molecule has 3 rings (SSSR count). The molecule has 1 aliphatic rings. The van der Waals surface area contributed by atoms with E-state index in [1.807, 2.05) is 36.4 Å². The van der Waals surface area contributed by atoms with Crippen molar-refractivity contribution in [3.05, 3.63) is 83.9 Å². The van der Waals surface area contributed by atoms with Gasteiger partial charge in [-0.1, -0.05) is 72.8 Å². The number of aliphatic hydroxyl groups excluding tert-OH is 1. The van der Waals surface area contributed by atoms with Gasteiger partial charge in [0.05, 0.1) is 19.1 Å². The van der Waals surface area contributed by atoms with E-state index in [0.29, 0.717) is 5.56 Å². The van der Waals surface area contributed by atoms with Crippen LogP contribution in [0, 0.1) is 5.92 Å². The minimum Gasteiger partial charge on any atom is -0.454 e. The van der Waals surface area contributed by atoms with Crippen molar-refractivity contribution >= 4 is 23.9 Å². The van der Waals surface area contributed by atoms with Gasteiger partial charge in [-0.05, 0) is 30.9 Å². The number of carbonyl (C=O) groups is 4. The van der Waals surface area contributed by atoms with Crippen molar-refractivity contribution in [3.63, 3.8) is 0 Å². The van der Waals surface area contributed by atoms with Crippen LogP contribution in [0.15, 0.2) is 72.8 Å². The number of carbonyl (C=O) groups excluding carboxylic acids is 4. The van der Waals surface area contributed by atoms with Crippen molar-refractivity contribution in [3.8, 4) is 0 Å². The molecule has 1 heterocycles. The van der Waals surface area contributed by atoms with Crippen LogP contribution in [0.5, 0.6) is 0 Å². The molecule has 2 aromatic carbocycles. The van der Waals surface area contributed by atoms with E-state index in [0.717, 1.165) is 5.56 Å². The van der Waals surface area contributed by atoms with Gasteiger partial charge in [-0.2, -0.15) is 0 Å². The maximum atomic E-state index is 13.1. The van der Waals surface area contributed by atoms with E-state index in [1.54, 1.807) is 43.3 Å². The average Bonchev–Trinajstić information content (AvgIpc) is 2.95. The van der Waals surface area contributed by atoms with E-state index in [4.69, 9.17) is 9.47 Å². The zero-order chi connectivity index (χ0) is 28.0. The molecular formula is C29H35N3O7. The van der Waals surface area contributed by atoms with Crippen molar-refractivity contribution in [1.29, 1.82) is 0 Å². The first-order chi connectivity index (χ1) is 18.9. The lowest BCUT2D eigenvalue weighted by atomic mass is 9.98. The van der Waals surface area contributed by atoms with E-state index in [1.165, 1.54) is 0 Å². The molecule has 208 valence electrons. The van der Waals surface area contributed by atoms with E-state index in [9.17, 15) is 24.3 Å². The van der Waals surface area contributed by atoms with Gasteiger partial charge in [0.2, 0.25) is 11.8 Å². The fourth-order valence-corrected chi connectivity index (χ4v) is 3.96. The second-order valence-corrected chi connectivity index (χ2v) is 9.34. The molecule has 0 saturated carbocycles. The van der Waals surface area contributed by atoms with Crippen molar-refractivity contribution in [2.75, 3.05) is 13.2 Å². The summed E-state index contributed by atoms with van der Waals surface area (Å²) in [5.41, 5.74) is 1.47. The average molecular weight is 538 g/mol. The Morgan fingerprint density at radius 1 is 1.05 bits per heavy atom. The van der Waals surface area contributed by atoms with Gasteiger partial charge in [-0.25, -0.2) is 9.59 Å². The molecule has 0 unspecified atom stereocenters. The van der Waals surface area contributed by atoms with Crippen LogP contribution in [-0.2, 0) is 30.5 Å². The Bertz CT molecular complexity index is 1120. The molecular weight excluding hydrogens is 502 g/mol. The smallest absolute Gasteiger partial charge is 0.408 e. The Hall–Kier alpha value is -4.18. The first kappa shape index (κ1) is 29.4. The molecule has 1 aliphatic heterocycles. The fourth-order valence-electron chi connectivity index (χ4n) is 3.96. The lowest BCUT2D eigenvalue weighted by Crippen LogP contribution is -2.44. The fraction of sp³-hybridized carbons (Fsp3) is 0.379. The highest BCUT2D eigenvalue weighted by atomic mass is 16.6. The van der Waals surface area contributed by atoms with E-state index < -0.39 is 36.2 Å². The molecule has 0 aliphatic carbocycles. The third kappa shape index (κ3) is 9.90. The van der Waals surface area contributed by atoms with Gasteiger partial charge in [-0.15, -0.1) is 0 Å². The Labute approximate surface area is 227 Å². The number of aliphatic hydroxyl groups is 1. The predicted molar refractivity (Wildman–Crippen MR) is 143 cm³/mol. The summed E-state index contributed by atoms with van der Waals surface area (Å²) >= 11 is 0. The zero-order valence-electron chi connectivity index (χ0n) is 21.9. The molecule has 4 N–H and O–H groups in total. The third-order valence-electron chi connectivity index (χ3n) is 6.12. The molecule has 4 atom stereocenters. The topological polar surface area (TPSA) is 143 Å². The minimum absolute atomic E-state index is 0.0192. The van der Waals surface area contributed by atoms with Crippen LogP contribution in [0.2, 0.25) is 0 Å². The molecule has 0 saturated heterocycles. The molecule has 10 heteroatoms. The maximum Gasteiger partial charge on any atom is 0.408 e. The SMILES string of the molecule is C[C@@H](CO)NC(=O)C[C@H]1CC=CC[C@@H](NC(=O)OCc2ccccc2)C(=O)O[C@@H](c2ccccc2)CNC1=O. The minimum atomic E-state index is -1.03. The lowest BCUT2D eigenvalue weighted by molar-refractivity contribution is -0.152. The van der Waals surface area contributed by atoms with Gasteiger partial charge >= 0.3 is 12.1 Å². The van der Waals surface area contributed by atoms with Gasteiger partial charge in [0.1, 0.15) is 18.8 Å². The summed E-state index contributed by atoms with van der Waals surface area (Å²) in [6.45, 7) is 1.47. The van der Waals surface area contributed by atoms with E-state index >= 15 is 0 Å². The van der Waals surface area contributed by atoms with Crippen LogP contribution in [0.1, 0.15) is 43.4 Å². The van der Waals surface area contributed by atoms with Crippen LogP contribution in [0.25, 0.3) is 0 Å². The molecule has 10 nitrogen and oxygen atoms in total. The number of benzene rings is 2. The van der Waals surface area contributed by atoms with Crippen molar-refractivity contribution in [2.45, 2.75) is 51.0 Å². The summed E-state index contributed by atoms with van der Waals surface area (Å²) in [5, 5.41) is 17.2. The second-order valence-electron chi connectivity index (χ2n) is 9.34. The maximum absolute atomic E-state index is 13.1. The number of cyclic esters (lactones) is 1. The standard InChI is InChI=1S/C29H35N3O7/c1-20(18-33)31-26(34)16-23-14-8-9-15-24(32-29(37)38-19-21-10-4-2-5-11-21)28(36)39-25(17-30-27(23)35)22-12-6-3-7-13-22/h2-13,20,23-25,33H,14-19H2,1H3,(H,30,35)(H,31,34)(H,32,37)/t20-,23+,24+,25+/m0/s1. The summed E-state index contributed by atoms with van der Waals surface area (Å²) < 4.78 is 11.0. The van der Waals surface area contributed by atoms with Crippen LogP contribution in [-0.4, -0.2) is 54.2 Å². The molecule has 0 radical (unpaired) electrons. The Kier molecular flexibility index (Phi) is 11.5. The molecule has 0 spiro atoms. The largest absolute Gasteiger partial charge is 0.454 e. The first-order valence-corrected chi connectivity index (χ1v) is 12.9. The number of hydrogen-bond acceptors (Lipinski definition) is 7. The second kappa shape index (κ2) is 15.3. The monoisotopic (exact) mass is 537 g/mol. The Balaban J connectivity index is 1.75. The van der Waals surface area contributed by atoms with Crippen molar-refractivity contribution in [1.82, 2.24) is 16.0 Å². The molecule has 3 amide bonds. The van der Waals surface area contributed by atoms with Crippen molar-refractivity contribution in [2.24, 2.45) is 5.92 Å². The number of ether oxygens (including phenoxy) is 2. The molecule has 0 bridgehead atoms. The molecule has 39 heavy (non-hydrogen) atoms. The number of nitrogens with one attached hydrogen (secondary N) is 3. The van der Waals surface area contributed by atoms with E-state index in [-0.39, 0.29) is 50.8 Å². The number of allylic oxidation sites excluding steroid dienone is 1. The Morgan fingerprint density at radius 3 is 2.41 bits per heavy atom. The first-order valence-electron chi connectivity index (χ1n) is 12.9. The highest BCUT2D eigenvalue weighted by Gasteiger charge is 2.28. The molecule has 0 fully saturated rings. The highest BCUT2D eigenvalue weighted by molar-refractivity contribution is 5.86. The van der Waals surface area contributed by atoms with Gasteiger partial charge in [0.15, 0.2) is 0 Å². The van der Waals surface area contributed by atoms with Crippen LogP contribution in [0.3, 0.4) is 0 Å². The number of alkyl carbamates (subject to hydrolysis) is 1. The van der Waals surface area contributed by atoms with Crippen LogP contribution < -0.4 is 16.0 Å². The highest BCUT2D eigenvalue weighted by Crippen LogP contribution is 2.20. The van der Waals surface area contributed by atoms with Gasteiger partial charge < -0.3 is 30.5 Å². The summed E-state index contributed by atoms with van der Waals surface area (Å²) in [4.78, 5) is 51.0. The summed E-state index contributed by atoms with van der Waals surface area (Å²) in [6.07, 6.45) is 2.03. The van der Waals surface area contributed by atoms with Crippen LogP contribution in [0.4, 0.5) is 4.79 Å². The number of amides is 3. The normalized spacial score (nSPS) is 20.8. The third-order valence-corrected chi connectivity index (χ3v) is 6.12. The van der Waals surface area contributed by atoms with Gasteiger partial charge in [0, 0.05) is 12.5 Å². The van der Waals surface area contributed by atoms with E-state index in [2.05, 4.69) is 16.0 Å². The number of hydrogen-bond donors (Lipinski definition) is 4. The zero-order valence-corrected chi connectivity index (χ0v) is 21.9. The van der Waals surface area contributed by atoms with Gasteiger partial charge in [0.25, 0.3) is 0 Å². The predicted octanol–water partition coefficient (Wildman–Crippen LogP) is 2.54. The molecule has 2 aromatic rings. The van der Waals surface area contributed by atoms with Crippen molar-refractivity contribution < 1.29 is 33.8 Å². The summed E-state index contributed by atoms with van der Waals surface area (Å²) in [6, 6.07) is 16.6. The Morgan fingerprint density at radius 2 is 1.72 bits per heavy atom. The molecule has 0 aromatic heterocycles. The summed E-state index contributed by atoms with van der Waals surface area (Å²) in [7, 11) is 0. The quantitative estimate of drug-likeness (QED) is 0.299. The van der Waals surface area contributed by atoms with Crippen LogP contribution >= 0.6 is 0 Å². The number of rotatable bonds is 8. The van der Waals surface area contributed by atoms with Gasteiger partial charge in [-0.3, -0.25) is 9.59 Å². The lowest BCUT2D eigenvalue weighted by Gasteiger charge is -2.24. The summed E-state index contributed by atoms with van der Waals surface area (Å²) in [5.74, 6) is -2.07.